The summed E-state index contributed by atoms with van der Waals surface area (Å²) in [5.41, 5.74) is 5.34. The highest BCUT2D eigenvalue weighted by atomic mass is 79.9. The molecule has 0 spiro atoms. The van der Waals surface area contributed by atoms with Crippen molar-refractivity contribution in [1.29, 1.82) is 0 Å². The molecule has 0 aliphatic heterocycles. The van der Waals surface area contributed by atoms with E-state index in [9.17, 15) is 4.39 Å². The highest BCUT2D eigenvalue weighted by Gasteiger charge is 2.31. The van der Waals surface area contributed by atoms with Crippen LogP contribution in [0.15, 0.2) is 10.3 Å². The van der Waals surface area contributed by atoms with Crippen LogP contribution < -0.4 is 5.73 Å². The predicted molar refractivity (Wildman–Crippen MR) is 54.7 cm³/mol. The maximum Gasteiger partial charge on any atom is 0.108 e. The summed E-state index contributed by atoms with van der Waals surface area (Å²) in [7, 11) is 0. The SMILES string of the molecule is C/C(F)=C(\Br)C(C)(CN)C(C)C. The van der Waals surface area contributed by atoms with Crippen molar-refractivity contribution in [3.63, 3.8) is 0 Å². The van der Waals surface area contributed by atoms with E-state index in [1.807, 2.05) is 20.8 Å². The summed E-state index contributed by atoms with van der Waals surface area (Å²) in [5, 5.41) is 0. The van der Waals surface area contributed by atoms with E-state index in [2.05, 4.69) is 15.9 Å². The lowest BCUT2D eigenvalue weighted by Gasteiger charge is -2.32. The Bertz CT molecular complexity index is 185. The van der Waals surface area contributed by atoms with E-state index in [0.29, 0.717) is 16.9 Å². The van der Waals surface area contributed by atoms with Crippen LogP contribution in [0.25, 0.3) is 0 Å². The van der Waals surface area contributed by atoms with Crippen molar-refractivity contribution in [1.82, 2.24) is 0 Å². The van der Waals surface area contributed by atoms with E-state index in [-0.39, 0.29) is 11.2 Å². The van der Waals surface area contributed by atoms with Gasteiger partial charge in [-0.15, -0.1) is 0 Å². The zero-order valence-corrected chi connectivity index (χ0v) is 9.70. The molecule has 0 aliphatic carbocycles. The third-order valence-electron chi connectivity index (χ3n) is 2.50. The molecule has 1 unspecified atom stereocenters. The van der Waals surface area contributed by atoms with Gasteiger partial charge in [-0.1, -0.05) is 36.7 Å². The third-order valence-corrected chi connectivity index (χ3v) is 3.95. The van der Waals surface area contributed by atoms with E-state index in [4.69, 9.17) is 5.73 Å². The fraction of sp³-hybridized carbons (Fsp3) is 0.778. The van der Waals surface area contributed by atoms with Gasteiger partial charge in [-0.3, -0.25) is 0 Å². The van der Waals surface area contributed by atoms with Crippen molar-refractivity contribution in [2.45, 2.75) is 27.7 Å². The number of nitrogens with two attached hydrogens (primary N) is 1. The number of hydrogen-bond donors (Lipinski definition) is 1. The van der Waals surface area contributed by atoms with Gasteiger partial charge in [0, 0.05) is 16.4 Å². The Hall–Kier alpha value is 0.110. The smallest absolute Gasteiger partial charge is 0.108 e. The second-order valence-corrected chi connectivity index (χ2v) is 4.42. The molecule has 0 aliphatic rings. The average molecular weight is 238 g/mol. The molecule has 0 radical (unpaired) electrons. The van der Waals surface area contributed by atoms with Crippen LogP contribution in [0.5, 0.6) is 0 Å². The highest BCUT2D eigenvalue weighted by Crippen LogP contribution is 2.39. The van der Waals surface area contributed by atoms with Gasteiger partial charge in [0.05, 0.1) is 0 Å². The van der Waals surface area contributed by atoms with Gasteiger partial charge in [-0.2, -0.15) is 0 Å². The Labute approximate surface area is 82.3 Å². The first-order chi connectivity index (χ1) is 5.36. The molecule has 1 atom stereocenters. The first kappa shape index (κ1) is 12.1. The Balaban J connectivity index is 4.89. The van der Waals surface area contributed by atoms with Gasteiger partial charge in [0.25, 0.3) is 0 Å². The molecule has 0 aromatic rings. The van der Waals surface area contributed by atoms with Gasteiger partial charge in [0.15, 0.2) is 0 Å². The summed E-state index contributed by atoms with van der Waals surface area (Å²) in [6.07, 6.45) is 0. The number of allylic oxidation sites excluding steroid dienone is 1. The summed E-state index contributed by atoms with van der Waals surface area (Å²) in [6.45, 7) is 7.94. The van der Waals surface area contributed by atoms with Crippen molar-refractivity contribution in [2.24, 2.45) is 17.1 Å². The second kappa shape index (κ2) is 4.38. The monoisotopic (exact) mass is 237 g/mol. The number of hydrogen-bond acceptors (Lipinski definition) is 1. The molecule has 0 fully saturated rings. The molecular weight excluding hydrogens is 221 g/mol. The van der Waals surface area contributed by atoms with E-state index < -0.39 is 0 Å². The molecule has 0 rings (SSSR count). The van der Waals surface area contributed by atoms with Crippen molar-refractivity contribution in [2.75, 3.05) is 6.54 Å². The molecule has 0 amide bonds. The summed E-state index contributed by atoms with van der Waals surface area (Å²) in [4.78, 5) is 0. The van der Waals surface area contributed by atoms with Crippen molar-refractivity contribution in [3.05, 3.63) is 10.3 Å². The van der Waals surface area contributed by atoms with E-state index >= 15 is 0 Å². The van der Waals surface area contributed by atoms with Gasteiger partial charge in [0.2, 0.25) is 0 Å². The molecule has 0 heterocycles. The molecule has 1 nitrogen and oxygen atoms in total. The summed E-state index contributed by atoms with van der Waals surface area (Å²) in [6, 6.07) is 0. The zero-order valence-electron chi connectivity index (χ0n) is 8.12. The molecule has 12 heavy (non-hydrogen) atoms. The minimum absolute atomic E-state index is 0.184. The Kier molecular flexibility index (Phi) is 4.42. The predicted octanol–water partition coefficient (Wildman–Crippen LogP) is 3.20. The third kappa shape index (κ3) is 2.30. The van der Waals surface area contributed by atoms with Crippen molar-refractivity contribution in [3.8, 4) is 0 Å². The van der Waals surface area contributed by atoms with E-state index in [0.717, 1.165) is 0 Å². The first-order valence-corrected chi connectivity index (χ1v) is 4.88. The lowest BCUT2D eigenvalue weighted by molar-refractivity contribution is 0.296. The van der Waals surface area contributed by atoms with E-state index in [1.165, 1.54) is 6.92 Å². The van der Waals surface area contributed by atoms with Gasteiger partial charge in [-0.05, 0) is 12.8 Å². The first-order valence-electron chi connectivity index (χ1n) is 4.08. The van der Waals surface area contributed by atoms with Crippen molar-refractivity contribution >= 4 is 15.9 Å². The molecule has 0 saturated heterocycles. The normalized spacial score (nSPS) is 19.0. The molecule has 72 valence electrons. The summed E-state index contributed by atoms with van der Waals surface area (Å²) in [5.74, 6) is 0.138. The van der Waals surface area contributed by atoms with Crippen LogP contribution in [-0.2, 0) is 0 Å². The fourth-order valence-corrected chi connectivity index (χ4v) is 1.59. The Morgan fingerprint density at radius 3 is 2.08 bits per heavy atom. The Morgan fingerprint density at radius 2 is 2.00 bits per heavy atom. The van der Waals surface area contributed by atoms with Crippen LogP contribution in [0.4, 0.5) is 4.39 Å². The largest absolute Gasteiger partial charge is 0.330 e. The van der Waals surface area contributed by atoms with Crippen LogP contribution in [-0.4, -0.2) is 6.54 Å². The molecule has 0 bridgehead atoms. The van der Waals surface area contributed by atoms with Crippen molar-refractivity contribution < 1.29 is 4.39 Å². The fourth-order valence-electron chi connectivity index (χ4n) is 0.972. The highest BCUT2D eigenvalue weighted by molar-refractivity contribution is 9.11. The molecule has 0 aromatic heterocycles. The molecular formula is C9H17BrFN. The number of halogens is 2. The summed E-state index contributed by atoms with van der Waals surface area (Å²) >= 11 is 3.25. The maximum atomic E-state index is 12.9. The molecule has 3 heteroatoms. The van der Waals surface area contributed by atoms with Crippen LogP contribution in [0.3, 0.4) is 0 Å². The standard InChI is InChI=1S/C9H17BrFN/c1-6(2)9(4,5-12)8(10)7(3)11/h6H,5,12H2,1-4H3/b8-7+. The second-order valence-electron chi connectivity index (χ2n) is 3.62. The van der Waals surface area contributed by atoms with Crippen LogP contribution in [0.2, 0.25) is 0 Å². The Morgan fingerprint density at radius 1 is 1.58 bits per heavy atom. The lowest BCUT2D eigenvalue weighted by atomic mass is 9.79. The minimum atomic E-state index is -0.279. The van der Waals surface area contributed by atoms with Crippen LogP contribution in [0, 0.1) is 11.3 Å². The number of rotatable bonds is 3. The maximum absolute atomic E-state index is 12.9. The van der Waals surface area contributed by atoms with Gasteiger partial charge >= 0.3 is 0 Å². The lowest BCUT2D eigenvalue weighted by Crippen LogP contribution is -2.33. The van der Waals surface area contributed by atoms with Gasteiger partial charge in [0.1, 0.15) is 5.83 Å². The minimum Gasteiger partial charge on any atom is -0.330 e. The summed E-state index contributed by atoms with van der Waals surface area (Å²) < 4.78 is 13.5. The molecule has 0 saturated carbocycles. The quantitative estimate of drug-likeness (QED) is 0.802. The van der Waals surface area contributed by atoms with Crippen LogP contribution >= 0.6 is 15.9 Å². The van der Waals surface area contributed by atoms with Gasteiger partial charge < -0.3 is 5.73 Å². The van der Waals surface area contributed by atoms with E-state index in [1.54, 1.807) is 0 Å². The zero-order chi connectivity index (χ0) is 9.94. The van der Waals surface area contributed by atoms with Gasteiger partial charge in [-0.25, -0.2) is 4.39 Å². The molecule has 0 aromatic carbocycles. The average Bonchev–Trinajstić information content (AvgIpc) is 2.01. The molecule has 2 N–H and O–H groups in total. The van der Waals surface area contributed by atoms with Crippen LogP contribution in [0.1, 0.15) is 27.7 Å². The topological polar surface area (TPSA) is 26.0 Å².